The van der Waals surface area contributed by atoms with E-state index >= 15 is 0 Å². The Morgan fingerprint density at radius 3 is 2.54 bits per heavy atom. The van der Waals surface area contributed by atoms with Crippen LogP contribution in [0.25, 0.3) is 0 Å². The summed E-state index contributed by atoms with van der Waals surface area (Å²) in [5, 5.41) is 14.3. The van der Waals surface area contributed by atoms with E-state index in [1.165, 1.54) is 6.08 Å². The van der Waals surface area contributed by atoms with Crippen molar-refractivity contribution in [2.45, 2.75) is 56.0 Å². The van der Waals surface area contributed by atoms with Crippen LogP contribution in [0.2, 0.25) is 0 Å². The van der Waals surface area contributed by atoms with E-state index in [0.717, 1.165) is 17.5 Å². The van der Waals surface area contributed by atoms with Gasteiger partial charge in [-0.05, 0) is 30.2 Å². The summed E-state index contributed by atoms with van der Waals surface area (Å²) in [5.41, 5.74) is 0.130. The van der Waals surface area contributed by atoms with E-state index in [4.69, 9.17) is 14.2 Å². The van der Waals surface area contributed by atoms with Crippen molar-refractivity contribution in [1.82, 2.24) is 5.32 Å². The number of carbonyl (C=O) groups excluding carboxylic acids is 1. The molecule has 2 aromatic rings. The van der Waals surface area contributed by atoms with Crippen molar-refractivity contribution in [3.63, 3.8) is 0 Å². The van der Waals surface area contributed by atoms with Crippen LogP contribution < -0.4 is 5.32 Å². The normalized spacial score (nSPS) is 36.1. The number of aliphatic hydroxyl groups excluding tert-OH is 1. The molecule has 35 heavy (non-hydrogen) atoms. The Bertz CT molecular complexity index is 1070. The molecule has 1 aliphatic heterocycles. The first-order chi connectivity index (χ1) is 16.9. The van der Waals surface area contributed by atoms with Gasteiger partial charge in [0.25, 0.3) is 0 Å². The predicted octanol–water partition coefficient (Wildman–Crippen LogP) is 4.91. The van der Waals surface area contributed by atoms with Crippen LogP contribution in [-0.2, 0) is 20.8 Å². The summed E-state index contributed by atoms with van der Waals surface area (Å²) in [6.07, 6.45) is 2.25. The maximum Gasteiger partial charge on any atom is 0.408 e. The molecule has 6 rings (SSSR count). The van der Waals surface area contributed by atoms with Crippen LogP contribution in [0.15, 0.2) is 86.0 Å². The van der Waals surface area contributed by atoms with Gasteiger partial charge in [0, 0.05) is 11.5 Å². The number of hydrogen-bond acceptors (Lipinski definition) is 5. The second-order valence-electron chi connectivity index (χ2n) is 10.0. The minimum atomic E-state index is -0.996. The van der Waals surface area contributed by atoms with Gasteiger partial charge in [0.1, 0.15) is 12.2 Å². The summed E-state index contributed by atoms with van der Waals surface area (Å²) < 4.78 is 18.7. The van der Waals surface area contributed by atoms with Gasteiger partial charge in [0.15, 0.2) is 6.29 Å². The highest BCUT2D eigenvalue weighted by Gasteiger charge is 2.71. The average molecular weight is 476 g/mol. The van der Waals surface area contributed by atoms with Crippen molar-refractivity contribution in [3.8, 4) is 0 Å². The summed E-state index contributed by atoms with van der Waals surface area (Å²) in [5.74, 6) is -0.0896. The van der Waals surface area contributed by atoms with Crippen LogP contribution in [0.4, 0.5) is 4.79 Å². The number of amides is 1. The molecule has 4 fully saturated rings. The van der Waals surface area contributed by atoms with Gasteiger partial charge in [-0.3, -0.25) is 0 Å². The van der Waals surface area contributed by atoms with E-state index < -0.39 is 35.7 Å². The molecule has 6 heteroatoms. The van der Waals surface area contributed by atoms with E-state index in [-0.39, 0.29) is 24.4 Å². The van der Waals surface area contributed by atoms with Gasteiger partial charge >= 0.3 is 6.09 Å². The van der Waals surface area contributed by atoms with Crippen molar-refractivity contribution < 1.29 is 24.1 Å². The highest BCUT2D eigenvalue weighted by atomic mass is 16.7. The van der Waals surface area contributed by atoms with E-state index in [2.05, 4.69) is 25.4 Å². The first kappa shape index (κ1) is 23.8. The molecule has 184 valence electrons. The number of nitrogens with one attached hydrogen (secondary N) is 1. The van der Waals surface area contributed by atoms with E-state index in [9.17, 15) is 9.90 Å². The molecule has 2 bridgehead atoms. The van der Waals surface area contributed by atoms with Crippen LogP contribution in [0, 0.1) is 17.8 Å². The van der Waals surface area contributed by atoms with Crippen molar-refractivity contribution >= 4 is 6.09 Å². The number of rotatable bonds is 7. The van der Waals surface area contributed by atoms with Crippen LogP contribution >= 0.6 is 0 Å². The standard InChI is InChI=1S/C29H33NO5/c1-4-23(31)28(30-27(32)33-18-20-12-8-6-9-13-20)17-22-16-19(3)24(28)25-29(22,5-2)35-26(34-25)21-14-10-7-11-15-21/h4-15,19,22-26,31H,1-2,16-18H2,3H3,(H,30,32)/t19-,22+,23?,24+,25-,26+,28-,29+/m1/s1. The van der Waals surface area contributed by atoms with Gasteiger partial charge in [-0.25, -0.2) is 4.79 Å². The largest absolute Gasteiger partial charge is 0.445 e. The quantitative estimate of drug-likeness (QED) is 0.557. The van der Waals surface area contributed by atoms with Crippen molar-refractivity contribution in [3.05, 3.63) is 97.1 Å². The van der Waals surface area contributed by atoms with Gasteiger partial charge < -0.3 is 24.6 Å². The van der Waals surface area contributed by atoms with E-state index in [0.29, 0.717) is 6.42 Å². The topological polar surface area (TPSA) is 77.0 Å². The lowest BCUT2D eigenvalue weighted by Gasteiger charge is -2.62. The minimum absolute atomic E-state index is 0.0114. The van der Waals surface area contributed by atoms with Crippen LogP contribution in [0.5, 0.6) is 0 Å². The predicted molar refractivity (Wildman–Crippen MR) is 132 cm³/mol. The maximum absolute atomic E-state index is 13.0. The smallest absolute Gasteiger partial charge is 0.408 e. The molecular formula is C29H33NO5. The Kier molecular flexibility index (Phi) is 6.30. The molecule has 8 atom stereocenters. The molecule has 1 heterocycles. The Morgan fingerprint density at radius 1 is 1.20 bits per heavy atom. The molecule has 0 radical (unpaired) electrons. The van der Waals surface area contributed by atoms with Crippen molar-refractivity contribution in [2.24, 2.45) is 17.8 Å². The number of alkyl carbamates (subject to hydrolysis) is 1. The zero-order chi connectivity index (χ0) is 24.6. The first-order valence-corrected chi connectivity index (χ1v) is 12.2. The maximum atomic E-state index is 13.0. The molecule has 3 aliphatic carbocycles. The summed E-state index contributed by atoms with van der Waals surface area (Å²) in [4.78, 5) is 13.0. The van der Waals surface area contributed by atoms with Crippen molar-refractivity contribution in [2.75, 3.05) is 0 Å². The minimum Gasteiger partial charge on any atom is -0.445 e. The van der Waals surface area contributed by atoms with Gasteiger partial charge in [0.05, 0.1) is 17.7 Å². The van der Waals surface area contributed by atoms with Crippen LogP contribution in [-0.4, -0.2) is 34.5 Å². The fourth-order valence-electron chi connectivity index (χ4n) is 6.63. The summed E-state index contributed by atoms with van der Waals surface area (Å²) in [7, 11) is 0. The number of benzene rings is 2. The van der Waals surface area contributed by atoms with E-state index in [1.54, 1.807) is 0 Å². The number of fused-ring (bicyclic) bond motifs is 2. The third-order valence-electron chi connectivity index (χ3n) is 8.13. The van der Waals surface area contributed by atoms with Gasteiger partial charge in [-0.1, -0.05) is 79.7 Å². The number of hydrogen-bond donors (Lipinski definition) is 2. The first-order valence-electron chi connectivity index (χ1n) is 12.2. The fraction of sp³-hybridized carbons (Fsp3) is 0.414. The molecule has 6 nitrogen and oxygen atoms in total. The molecule has 2 aromatic carbocycles. The Morgan fingerprint density at radius 2 is 1.89 bits per heavy atom. The fourth-order valence-corrected chi connectivity index (χ4v) is 6.63. The third-order valence-corrected chi connectivity index (χ3v) is 8.13. The Balaban J connectivity index is 1.45. The summed E-state index contributed by atoms with van der Waals surface area (Å²) in [6, 6.07) is 19.3. The zero-order valence-electron chi connectivity index (χ0n) is 20.0. The lowest BCUT2D eigenvalue weighted by Crippen LogP contribution is -2.75. The average Bonchev–Trinajstić information content (AvgIpc) is 3.30. The second kappa shape index (κ2) is 9.26. The summed E-state index contributed by atoms with van der Waals surface area (Å²) >= 11 is 0. The SMILES string of the molecule is C=CC(O)[C@]1(NC(=O)OCc2ccccc2)C[C@@H]2C[C@@H](C)[C@H]1[C@H]1O[C@H](c3ccccc3)O[C@@]21C=C. The molecule has 1 amide bonds. The zero-order valence-corrected chi connectivity index (χ0v) is 20.0. The number of ether oxygens (including phenoxy) is 3. The lowest BCUT2D eigenvalue weighted by atomic mass is 9.48. The van der Waals surface area contributed by atoms with Crippen molar-refractivity contribution in [1.29, 1.82) is 0 Å². The molecule has 3 saturated carbocycles. The monoisotopic (exact) mass is 475 g/mol. The van der Waals surface area contributed by atoms with Crippen LogP contribution in [0.3, 0.4) is 0 Å². The third kappa shape index (κ3) is 3.90. The lowest BCUT2D eigenvalue weighted by molar-refractivity contribution is -0.170. The summed E-state index contributed by atoms with van der Waals surface area (Å²) in [6.45, 7) is 10.3. The van der Waals surface area contributed by atoms with E-state index in [1.807, 2.05) is 66.7 Å². The molecular weight excluding hydrogens is 442 g/mol. The highest BCUT2D eigenvalue weighted by Crippen LogP contribution is 2.62. The molecule has 1 unspecified atom stereocenters. The van der Waals surface area contributed by atoms with Gasteiger partial charge in [-0.15, -0.1) is 13.2 Å². The molecule has 0 spiro atoms. The molecule has 0 aromatic heterocycles. The number of aliphatic hydroxyl groups is 1. The van der Waals surface area contributed by atoms with Gasteiger partial charge in [0.2, 0.25) is 0 Å². The second-order valence-corrected chi connectivity index (χ2v) is 10.0. The molecule has 4 aliphatic rings. The van der Waals surface area contributed by atoms with Gasteiger partial charge in [-0.2, -0.15) is 0 Å². The van der Waals surface area contributed by atoms with Crippen LogP contribution in [0.1, 0.15) is 37.2 Å². The molecule has 2 N–H and O–H groups in total. The highest BCUT2D eigenvalue weighted by molar-refractivity contribution is 5.69. The Labute approximate surface area is 206 Å². The number of carbonyl (C=O) groups is 1. The molecule has 1 saturated heterocycles. The Hall–Kier alpha value is -2.93.